The number of allylic oxidation sites excluding steroid dienone is 1. The van der Waals surface area contributed by atoms with Crippen LogP contribution in [0.2, 0.25) is 0 Å². The minimum atomic E-state index is -0.534. The number of methoxy groups -OCH3 is 1. The summed E-state index contributed by atoms with van der Waals surface area (Å²) < 4.78 is 15.4. The first kappa shape index (κ1) is 14.9. The minimum Gasteiger partial charge on any atom is -0.469 e. The van der Waals surface area contributed by atoms with Gasteiger partial charge in [-0.2, -0.15) is 0 Å². The average molecular weight is 256 g/mol. The molecule has 1 saturated heterocycles. The third-order valence-electron chi connectivity index (χ3n) is 2.57. The molecule has 0 amide bonds. The largest absolute Gasteiger partial charge is 0.469 e. The van der Waals surface area contributed by atoms with Crippen molar-refractivity contribution in [3.8, 4) is 0 Å². The molecule has 0 radical (unpaired) electrons. The molecule has 0 aromatic heterocycles. The summed E-state index contributed by atoms with van der Waals surface area (Å²) in [6.45, 7) is 4.25. The lowest BCUT2D eigenvalue weighted by atomic mass is 10.2. The number of carbonyl (C=O) groups excluding carboxylic acids is 2. The fourth-order valence-corrected chi connectivity index (χ4v) is 1.64. The molecule has 0 unspecified atom stereocenters. The molecule has 1 rings (SSSR count). The predicted octanol–water partition coefficient (Wildman–Crippen LogP) is 1.61. The summed E-state index contributed by atoms with van der Waals surface area (Å²) in [4.78, 5) is 22.2. The predicted molar refractivity (Wildman–Crippen MR) is 64.9 cm³/mol. The zero-order valence-corrected chi connectivity index (χ0v) is 11.1. The maximum absolute atomic E-state index is 11.4. The molecule has 0 bridgehead atoms. The normalized spacial score (nSPS) is 22.3. The maximum atomic E-state index is 11.4. The molecular weight excluding hydrogens is 236 g/mol. The van der Waals surface area contributed by atoms with E-state index in [-0.39, 0.29) is 30.7 Å². The Morgan fingerprint density at radius 1 is 1.39 bits per heavy atom. The Labute approximate surface area is 107 Å². The molecule has 5 nitrogen and oxygen atoms in total. The summed E-state index contributed by atoms with van der Waals surface area (Å²) >= 11 is 0. The van der Waals surface area contributed by atoms with Crippen LogP contribution in [0.5, 0.6) is 0 Å². The Kier molecular flexibility index (Phi) is 5.50. The molecule has 1 aliphatic rings. The van der Waals surface area contributed by atoms with Gasteiger partial charge in [0.1, 0.15) is 0 Å². The average Bonchev–Trinajstić information content (AvgIpc) is 2.66. The molecule has 1 aliphatic heterocycles. The van der Waals surface area contributed by atoms with E-state index in [1.54, 1.807) is 6.08 Å². The summed E-state index contributed by atoms with van der Waals surface area (Å²) in [5.74, 6) is -0.988. The molecule has 1 heterocycles. The summed E-state index contributed by atoms with van der Waals surface area (Å²) in [7, 11) is 1.31. The van der Waals surface area contributed by atoms with E-state index in [2.05, 4.69) is 4.74 Å². The van der Waals surface area contributed by atoms with Gasteiger partial charge in [-0.25, -0.2) is 0 Å². The van der Waals surface area contributed by atoms with Gasteiger partial charge in [-0.05, 0) is 26.3 Å². The van der Waals surface area contributed by atoms with Crippen molar-refractivity contribution in [3.05, 3.63) is 12.2 Å². The smallest absolute Gasteiger partial charge is 0.305 e. The first-order valence-electron chi connectivity index (χ1n) is 6.01. The molecule has 1 atom stereocenters. The lowest BCUT2D eigenvalue weighted by molar-refractivity contribution is -0.141. The van der Waals surface area contributed by atoms with Gasteiger partial charge < -0.3 is 14.2 Å². The third kappa shape index (κ3) is 5.42. The van der Waals surface area contributed by atoms with Crippen molar-refractivity contribution in [1.29, 1.82) is 0 Å². The van der Waals surface area contributed by atoms with E-state index in [9.17, 15) is 9.59 Å². The molecule has 0 saturated carbocycles. The van der Waals surface area contributed by atoms with Gasteiger partial charge in [0.15, 0.2) is 11.6 Å². The van der Waals surface area contributed by atoms with Crippen molar-refractivity contribution < 1.29 is 23.8 Å². The quantitative estimate of drug-likeness (QED) is 0.533. The molecule has 5 heteroatoms. The van der Waals surface area contributed by atoms with Crippen LogP contribution in [0.25, 0.3) is 0 Å². The van der Waals surface area contributed by atoms with Crippen molar-refractivity contribution in [1.82, 2.24) is 0 Å². The van der Waals surface area contributed by atoms with Crippen LogP contribution in [0.15, 0.2) is 12.2 Å². The number of ether oxygens (including phenoxy) is 3. The van der Waals surface area contributed by atoms with E-state index in [1.165, 1.54) is 13.2 Å². The molecule has 18 heavy (non-hydrogen) atoms. The van der Waals surface area contributed by atoms with Gasteiger partial charge in [0.25, 0.3) is 0 Å². The molecule has 0 aromatic carbocycles. The van der Waals surface area contributed by atoms with E-state index in [4.69, 9.17) is 9.47 Å². The van der Waals surface area contributed by atoms with Gasteiger partial charge in [-0.15, -0.1) is 0 Å². The monoisotopic (exact) mass is 256 g/mol. The van der Waals surface area contributed by atoms with Crippen molar-refractivity contribution >= 4 is 11.8 Å². The Morgan fingerprint density at radius 2 is 2.11 bits per heavy atom. The van der Waals surface area contributed by atoms with Gasteiger partial charge in [0, 0.05) is 6.42 Å². The highest BCUT2D eigenvalue weighted by Gasteiger charge is 2.31. The SMILES string of the molecule is COC(=O)CCC(=O)/C=C/C[C@@H]1COC(C)(C)O1. The molecule has 0 spiro atoms. The summed E-state index contributed by atoms with van der Waals surface area (Å²) in [5, 5.41) is 0. The fraction of sp³-hybridized carbons (Fsp3) is 0.692. The first-order chi connectivity index (χ1) is 8.43. The van der Waals surface area contributed by atoms with E-state index in [0.29, 0.717) is 13.0 Å². The zero-order valence-electron chi connectivity index (χ0n) is 11.1. The zero-order chi connectivity index (χ0) is 13.6. The van der Waals surface area contributed by atoms with Crippen LogP contribution in [0, 0.1) is 0 Å². The third-order valence-corrected chi connectivity index (χ3v) is 2.57. The second-order valence-corrected chi connectivity index (χ2v) is 4.63. The van der Waals surface area contributed by atoms with Crippen LogP contribution in [-0.2, 0) is 23.8 Å². The number of hydrogen-bond donors (Lipinski definition) is 0. The molecular formula is C13H20O5. The minimum absolute atomic E-state index is 0.00958. The standard InChI is InChI=1S/C13H20O5/c1-13(2)17-9-11(18-13)6-4-5-10(14)7-8-12(15)16-3/h4-5,11H,6-9H2,1-3H3/b5-4+/t11-/m1/s1. The van der Waals surface area contributed by atoms with Gasteiger partial charge in [0.2, 0.25) is 0 Å². The highest BCUT2D eigenvalue weighted by Crippen LogP contribution is 2.24. The van der Waals surface area contributed by atoms with Gasteiger partial charge in [-0.3, -0.25) is 9.59 Å². The van der Waals surface area contributed by atoms with Crippen LogP contribution in [0.1, 0.15) is 33.1 Å². The van der Waals surface area contributed by atoms with E-state index >= 15 is 0 Å². The van der Waals surface area contributed by atoms with Gasteiger partial charge >= 0.3 is 5.97 Å². The molecule has 102 valence electrons. The van der Waals surface area contributed by atoms with Crippen molar-refractivity contribution in [2.45, 2.75) is 45.0 Å². The topological polar surface area (TPSA) is 61.8 Å². The van der Waals surface area contributed by atoms with Crippen molar-refractivity contribution in [2.75, 3.05) is 13.7 Å². The molecule has 1 fully saturated rings. The highest BCUT2D eigenvalue weighted by atomic mass is 16.7. The highest BCUT2D eigenvalue weighted by molar-refractivity contribution is 5.91. The second-order valence-electron chi connectivity index (χ2n) is 4.63. The van der Waals surface area contributed by atoms with E-state index in [0.717, 1.165) is 0 Å². The van der Waals surface area contributed by atoms with Crippen LogP contribution in [-0.4, -0.2) is 37.4 Å². The van der Waals surface area contributed by atoms with Gasteiger partial charge in [0.05, 0.1) is 26.2 Å². The number of carbonyl (C=O) groups is 2. The van der Waals surface area contributed by atoms with Crippen molar-refractivity contribution in [3.63, 3.8) is 0 Å². The number of ketones is 1. The van der Waals surface area contributed by atoms with Gasteiger partial charge in [-0.1, -0.05) is 6.08 Å². The summed E-state index contributed by atoms with van der Waals surface area (Å²) in [6.07, 6.45) is 4.16. The fourth-order valence-electron chi connectivity index (χ4n) is 1.64. The number of hydrogen-bond acceptors (Lipinski definition) is 5. The Hall–Kier alpha value is -1.20. The van der Waals surface area contributed by atoms with Crippen LogP contribution < -0.4 is 0 Å². The Balaban J connectivity index is 2.20. The van der Waals surface area contributed by atoms with E-state index in [1.807, 2.05) is 13.8 Å². The molecule has 0 aromatic rings. The summed E-state index contributed by atoms with van der Waals surface area (Å²) in [6, 6.07) is 0. The van der Waals surface area contributed by atoms with Crippen LogP contribution >= 0.6 is 0 Å². The molecule has 0 aliphatic carbocycles. The first-order valence-corrected chi connectivity index (χ1v) is 6.01. The lowest BCUT2D eigenvalue weighted by Gasteiger charge is -2.16. The Morgan fingerprint density at radius 3 is 2.67 bits per heavy atom. The Bertz CT molecular complexity index is 332. The van der Waals surface area contributed by atoms with Crippen molar-refractivity contribution in [2.24, 2.45) is 0 Å². The second kappa shape index (κ2) is 6.66. The maximum Gasteiger partial charge on any atom is 0.305 e. The van der Waals surface area contributed by atoms with Crippen LogP contribution in [0.3, 0.4) is 0 Å². The number of esters is 1. The van der Waals surface area contributed by atoms with Crippen LogP contribution in [0.4, 0.5) is 0 Å². The molecule has 0 N–H and O–H groups in total. The number of rotatable bonds is 6. The summed E-state index contributed by atoms with van der Waals surface area (Å²) in [5.41, 5.74) is 0. The lowest BCUT2D eigenvalue weighted by Crippen LogP contribution is -2.21. The van der Waals surface area contributed by atoms with E-state index < -0.39 is 5.79 Å².